The first-order chi connectivity index (χ1) is 31.8. The number of benzene rings is 11. The maximum absolute atomic E-state index is 2.40. The fourth-order valence-electron chi connectivity index (χ4n) is 9.85. The fraction of sp³-hybridized carbons (Fsp3) is 0. The van der Waals surface area contributed by atoms with Gasteiger partial charge in [0.05, 0.1) is 11.0 Å². The standard InChI is InChI=1S/C62H42N2/c1-4-17-43(18-5-1)47-21-16-24-52(41-47)64-59-30-15-14-25-53(59)58-42-48(35-40-60(58)64)44-31-36-50(37-32-44)63(49-22-8-3-9-23-49)51-38-33-46(34-39-51)62-56-28-12-10-26-54(56)61(45-19-6-2-7-20-45)55-27-11-13-29-57(55)62/h1-42H. The van der Waals surface area contributed by atoms with Crippen molar-refractivity contribution in [1.82, 2.24) is 4.57 Å². The second-order valence-corrected chi connectivity index (χ2v) is 16.5. The number of anilines is 3. The first kappa shape index (κ1) is 37.3. The van der Waals surface area contributed by atoms with E-state index < -0.39 is 0 Å². The molecule has 0 spiro atoms. The molecule has 0 amide bonds. The topological polar surface area (TPSA) is 8.17 Å². The molecular formula is C62H42N2. The summed E-state index contributed by atoms with van der Waals surface area (Å²) in [4.78, 5) is 2.35. The van der Waals surface area contributed by atoms with Gasteiger partial charge in [0.2, 0.25) is 0 Å². The van der Waals surface area contributed by atoms with Gasteiger partial charge in [-0.2, -0.15) is 0 Å². The highest BCUT2D eigenvalue weighted by atomic mass is 15.1. The predicted octanol–water partition coefficient (Wildman–Crippen LogP) is 17.2. The van der Waals surface area contributed by atoms with Crippen LogP contribution in [0.4, 0.5) is 17.1 Å². The van der Waals surface area contributed by atoms with Crippen molar-refractivity contribution in [3.8, 4) is 50.2 Å². The molecule has 0 saturated heterocycles. The van der Waals surface area contributed by atoms with Crippen molar-refractivity contribution in [2.45, 2.75) is 0 Å². The van der Waals surface area contributed by atoms with Gasteiger partial charge in [0, 0.05) is 33.5 Å². The summed E-state index contributed by atoms with van der Waals surface area (Å²) in [6, 6.07) is 92.5. The Morgan fingerprint density at radius 3 is 1.22 bits per heavy atom. The Bertz CT molecular complexity index is 3570. The van der Waals surface area contributed by atoms with E-state index in [0.29, 0.717) is 0 Å². The van der Waals surface area contributed by atoms with Gasteiger partial charge in [-0.25, -0.2) is 0 Å². The maximum Gasteiger partial charge on any atom is 0.0541 e. The van der Waals surface area contributed by atoms with Crippen molar-refractivity contribution in [3.63, 3.8) is 0 Å². The van der Waals surface area contributed by atoms with Crippen LogP contribution in [0.2, 0.25) is 0 Å². The Hall–Kier alpha value is -8.46. The summed E-state index contributed by atoms with van der Waals surface area (Å²) in [7, 11) is 0. The van der Waals surface area contributed by atoms with Gasteiger partial charge in [0.15, 0.2) is 0 Å². The molecule has 11 aromatic carbocycles. The predicted molar refractivity (Wildman–Crippen MR) is 272 cm³/mol. The van der Waals surface area contributed by atoms with E-state index in [4.69, 9.17) is 0 Å². The summed E-state index contributed by atoms with van der Waals surface area (Å²) < 4.78 is 2.40. The molecule has 64 heavy (non-hydrogen) atoms. The summed E-state index contributed by atoms with van der Waals surface area (Å²) in [5.41, 5.74) is 16.6. The number of fused-ring (bicyclic) bond motifs is 5. The van der Waals surface area contributed by atoms with Crippen LogP contribution in [0.25, 0.3) is 93.5 Å². The minimum atomic E-state index is 1.10. The third-order valence-corrected chi connectivity index (χ3v) is 12.8. The number of hydrogen-bond acceptors (Lipinski definition) is 1. The lowest BCUT2D eigenvalue weighted by atomic mass is 9.86. The van der Waals surface area contributed by atoms with E-state index in [1.54, 1.807) is 0 Å². The van der Waals surface area contributed by atoms with Crippen LogP contribution in [0.15, 0.2) is 255 Å². The van der Waals surface area contributed by atoms with E-state index >= 15 is 0 Å². The maximum atomic E-state index is 2.40. The third kappa shape index (κ3) is 6.44. The van der Waals surface area contributed by atoms with Gasteiger partial charge >= 0.3 is 0 Å². The summed E-state index contributed by atoms with van der Waals surface area (Å²) >= 11 is 0. The minimum Gasteiger partial charge on any atom is -0.311 e. The van der Waals surface area contributed by atoms with E-state index in [1.807, 2.05) is 0 Å². The average Bonchev–Trinajstić information content (AvgIpc) is 3.71. The monoisotopic (exact) mass is 814 g/mol. The minimum absolute atomic E-state index is 1.10. The summed E-state index contributed by atoms with van der Waals surface area (Å²) in [6.45, 7) is 0. The van der Waals surface area contributed by atoms with E-state index in [9.17, 15) is 0 Å². The molecule has 12 aromatic rings. The first-order valence-electron chi connectivity index (χ1n) is 22.0. The zero-order valence-corrected chi connectivity index (χ0v) is 35.1. The first-order valence-corrected chi connectivity index (χ1v) is 22.0. The van der Waals surface area contributed by atoms with Crippen molar-refractivity contribution < 1.29 is 0 Å². The molecule has 0 N–H and O–H groups in total. The smallest absolute Gasteiger partial charge is 0.0541 e. The van der Waals surface area contributed by atoms with Gasteiger partial charge in [-0.3, -0.25) is 0 Å². The van der Waals surface area contributed by atoms with Gasteiger partial charge in [-0.05, 0) is 133 Å². The van der Waals surface area contributed by atoms with Crippen LogP contribution in [-0.2, 0) is 0 Å². The Morgan fingerprint density at radius 2 is 0.625 bits per heavy atom. The van der Waals surface area contributed by atoms with Crippen LogP contribution in [-0.4, -0.2) is 4.57 Å². The molecule has 0 aliphatic carbocycles. The van der Waals surface area contributed by atoms with Crippen LogP contribution in [0, 0.1) is 0 Å². The lowest BCUT2D eigenvalue weighted by Gasteiger charge is -2.26. The molecule has 300 valence electrons. The van der Waals surface area contributed by atoms with Crippen LogP contribution >= 0.6 is 0 Å². The molecule has 12 rings (SSSR count). The highest BCUT2D eigenvalue weighted by molar-refractivity contribution is 6.21. The quantitative estimate of drug-likeness (QED) is 0.139. The highest BCUT2D eigenvalue weighted by Gasteiger charge is 2.19. The molecule has 0 aliphatic rings. The number of rotatable bonds is 8. The third-order valence-electron chi connectivity index (χ3n) is 12.8. The zero-order valence-electron chi connectivity index (χ0n) is 35.1. The van der Waals surface area contributed by atoms with E-state index in [0.717, 1.165) is 22.7 Å². The second kappa shape index (κ2) is 15.8. The molecule has 0 unspecified atom stereocenters. The normalized spacial score (nSPS) is 11.4. The molecule has 0 radical (unpaired) electrons. The molecule has 1 heterocycles. The molecule has 0 fully saturated rings. The fourth-order valence-corrected chi connectivity index (χ4v) is 9.85. The Kier molecular flexibility index (Phi) is 9.20. The van der Waals surface area contributed by atoms with E-state index in [-0.39, 0.29) is 0 Å². The van der Waals surface area contributed by atoms with Gasteiger partial charge in [-0.1, -0.05) is 188 Å². The molecule has 0 saturated carbocycles. The highest BCUT2D eigenvalue weighted by Crippen LogP contribution is 2.45. The van der Waals surface area contributed by atoms with Gasteiger partial charge < -0.3 is 9.47 Å². The summed E-state index contributed by atoms with van der Waals surface area (Å²) in [5.74, 6) is 0. The Morgan fingerprint density at radius 1 is 0.234 bits per heavy atom. The molecule has 0 bridgehead atoms. The summed E-state index contributed by atoms with van der Waals surface area (Å²) in [5, 5.41) is 7.51. The van der Waals surface area contributed by atoms with Crippen molar-refractivity contribution in [3.05, 3.63) is 255 Å². The van der Waals surface area contributed by atoms with Crippen LogP contribution in [0.5, 0.6) is 0 Å². The zero-order chi connectivity index (χ0) is 42.4. The average molecular weight is 815 g/mol. The Balaban J connectivity index is 0.918. The molecule has 1 aromatic heterocycles. The number of hydrogen-bond donors (Lipinski definition) is 0. The van der Waals surface area contributed by atoms with Crippen LogP contribution < -0.4 is 4.90 Å². The van der Waals surface area contributed by atoms with E-state index in [2.05, 4.69) is 264 Å². The van der Waals surface area contributed by atoms with Crippen molar-refractivity contribution >= 4 is 60.4 Å². The largest absolute Gasteiger partial charge is 0.311 e. The molecular weight excluding hydrogens is 773 g/mol. The molecule has 2 nitrogen and oxygen atoms in total. The lowest BCUT2D eigenvalue weighted by molar-refractivity contribution is 1.18. The second-order valence-electron chi connectivity index (χ2n) is 16.5. The SMILES string of the molecule is c1ccc(-c2cccc(-n3c4ccccc4c4cc(-c5ccc(N(c6ccccc6)c6ccc(-c7c8ccccc8c(-c8ccccc8)c8ccccc78)cc6)cc5)ccc43)c2)cc1. The summed E-state index contributed by atoms with van der Waals surface area (Å²) in [6.07, 6.45) is 0. The van der Waals surface area contributed by atoms with Crippen LogP contribution in [0.1, 0.15) is 0 Å². The van der Waals surface area contributed by atoms with Crippen molar-refractivity contribution in [1.29, 1.82) is 0 Å². The molecule has 2 heteroatoms. The van der Waals surface area contributed by atoms with Crippen molar-refractivity contribution in [2.75, 3.05) is 4.90 Å². The number of nitrogens with zero attached hydrogens (tertiary/aromatic N) is 2. The number of para-hydroxylation sites is 2. The van der Waals surface area contributed by atoms with Crippen LogP contribution in [0.3, 0.4) is 0 Å². The van der Waals surface area contributed by atoms with Gasteiger partial charge in [0.25, 0.3) is 0 Å². The lowest BCUT2D eigenvalue weighted by Crippen LogP contribution is -2.09. The number of aromatic nitrogens is 1. The molecule has 0 aliphatic heterocycles. The van der Waals surface area contributed by atoms with Crippen molar-refractivity contribution in [2.24, 2.45) is 0 Å². The molecule has 0 atom stereocenters. The Labute approximate surface area is 373 Å². The van der Waals surface area contributed by atoms with E-state index in [1.165, 1.54) is 87.9 Å². The van der Waals surface area contributed by atoms with Gasteiger partial charge in [-0.15, -0.1) is 0 Å². The van der Waals surface area contributed by atoms with Gasteiger partial charge in [0.1, 0.15) is 0 Å².